The van der Waals surface area contributed by atoms with Gasteiger partial charge in [-0.25, -0.2) is 0 Å². The van der Waals surface area contributed by atoms with Crippen LogP contribution < -0.4 is 0 Å². The van der Waals surface area contributed by atoms with E-state index in [2.05, 4.69) is 29.4 Å². The lowest BCUT2D eigenvalue weighted by Crippen LogP contribution is -2.25. The SMILES string of the molecule is CSC1CCN(CCOC2=CCC(Cc3c(-c4ccc(O)cc4)sc4cc(O)ccc34)C=C2)C1. The topological polar surface area (TPSA) is 52.9 Å². The smallest absolute Gasteiger partial charge is 0.117 e. The predicted octanol–water partition coefficient (Wildman–Crippen LogP) is 6.44. The molecule has 0 saturated carbocycles. The standard InChI is InChI=1S/C28H31NO3S2/c1-33-24-12-13-29(18-24)14-15-32-23-9-2-19(3-10-23)16-26-25-11-8-22(31)17-27(25)34-28(26)20-4-6-21(30)7-5-20/h2,4-11,17,19,24,30-31H,3,12-16,18H2,1H3. The fraction of sp³-hybridized carbons (Fsp3) is 0.357. The molecule has 4 nitrogen and oxygen atoms in total. The summed E-state index contributed by atoms with van der Waals surface area (Å²) in [5.41, 5.74) is 2.40. The third-order valence-electron chi connectivity index (χ3n) is 6.77. The number of ether oxygens (including phenoxy) is 1. The predicted molar refractivity (Wildman–Crippen MR) is 144 cm³/mol. The van der Waals surface area contributed by atoms with Crippen molar-refractivity contribution in [2.24, 2.45) is 5.92 Å². The lowest BCUT2D eigenvalue weighted by atomic mass is 9.90. The van der Waals surface area contributed by atoms with Crippen LogP contribution in [0.5, 0.6) is 11.5 Å². The highest BCUT2D eigenvalue weighted by Crippen LogP contribution is 2.42. The number of benzene rings is 2. The summed E-state index contributed by atoms with van der Waals surface area (Å²) in [5.74, 6) is 1.94. The molecule has 2 aromatic carbocycles. The van der Waals surface area contributed by atoms with Crippen LogP contribution in [0.15, 0.2) is 66.5 Å². The molecule has 3 aromatic rings. The van der Waals surface area contributed by atoms with E-state index in [1.807, 2.05) is 36.0 Å². The van der Waals surface area contributed by atoms with Gasteiger partial charge in [-0.15, -0.1) is 11.3 Å². The van der Waals surface area contributed by atoms with E-state index in [9.17, 15) is 10.2 Å². The van der Waals surface area contributed by atoms with Crippen molar-refractivity contribution in [2.75, 3.05) is 32.5 Å². The monoisotopic (exact) mass is 493 g/mol. The van der Waals surface area contributed by atoms with E-state index in [0.717, 1.165) is 47.3 Å². The number of rotatable bonds is 8. The molecule has 5 rings (SSSR count). The van der Waals surface area contributed by atoms with Crippen molar-refractivity contribution in [3.05, 3.63) is 72.0 Å². The fourth-order valence-electron chi connectivity index (χ4n) is 4.84. The van der Waals surface area contributed by atoms with Crippen LogP contribution in [0.25, 0.3) is 20.5 Å². The summed E-state index contributed by atoms with van der Waals surface area (Å²) in [5, 5.41) is 21.7. The zero-order valence-corrected chi connectivity index (χ0v) is 21.1. The highest BCUT2D eigenvalue weighted by molar-refractivity contribution is 7.99. The Morgan fingerprint density at radius 1 is 1.12 bits per heavy atom. The zero-order valence-electron chi connectivity index (χ0n) is 19.4. The van der Waals surface area contributed by atoms with Gasteiger partial charge in [-0.1, -0.05) is 6.08 Å². The third kappa shape index (κ3) is 5.29. The Morgan fingerprint density at radius 3 is 2.68 bits per heavy atom. The fourth-order valence-corrected chi connectivity index (χ4v) is 6.81. The number of thiophene rings is 1. The molecule has 0 amide bonds. The number of fused-ring (bicyclic) bond motifs is 1. The van der Waals surface area contributed by atoms with Crippen LogP contribution in [0, 0.1) is 5.92 Å². The van der Waals surface area contributed by atoms with Crippen molar-refractivity contribution < 1.29 is 14.9 Å². The minimum absolute atomic E-state index is 0.269. The molecule has 1 saturated heterocycles. The summed E-state index contributed by atoms with van der Waals surface area (Å²) in [6.07, 6.45) is 12.0. The molecule has 1 aliphatic carbocycles. The van der Waals surface area contributed by atoms with Crippen LogP contribution in [-0.4, -0.2) is 52.9 Å². The van der Waals surface area contributed by atoms with Crippen molar-refractivity contribution in [3.63, 3.8) is 0 Å². The summed E-state index contributed by atoms with van der Waals surface area (Å²) in [4.78, 5) is 3.70. The van der Waals surface area contributed by atoms with Crippen LogP contribution in [0.4, 0.5) is 0 Å². The molecular weight excluding hydrogens is 462 g/mol. The maximum Gasteiger partial charge on any atom is 0.117 e. The first kappa shape index (κ1) is 23.3. The summed E-state index contributed by atoms with van der Waals surface area (Å²) in [6.45, 7) is 4.10. The first-order valence-corrected chi connectivity index (χ1v) is 14.0. The molecule has 2 heterocycles. The van der Waals surface area contributed by atoms with Crippen LogP contribution in [0.2, 0.25) is 0 Å². The van der Waals surface area contributed by atoms with Crippen LogP contribution in [0.1, 0.15) is 18.4 Å². The Hall–Kier alpha value is -2.41. The van der Waals surface area contributed by atoms with Gasteiger partial charge in [0.2, 0.25) is 0 Å². The van der Waals surface area contributed by atoms with E-state index < -0.39 is 0 Å². The minimum Gasteiger partial charge on any atom is -0.508 e. The maximum absolute atomic E-state index is 9.99. The number of thioether (sulfide) groups is 1. The quantitative estimate of drug-likeness (QED) is 0.378. The average Bonchev–Trinajstić information content (AvgIpc) is 3.45. The number of hydrogen-bond acceptors (Lipinski definition) is 6. The van der Waals surface area contributed by atoms with E-state index in [1.165, 1.54) is 35.3 Å². The first-order valence-electron chi connectivity index (χ1n) is 11.9. The van der Waals surface area contributed by atoms with Crippen molar-refractivity contribution in [1.82, 2.24) is 4.90 Å². The van der Waals surface area contributed by atoms with Gasteiger partial charge in [0.1, 0.15) is 23.9 Å². The van der Waals surface area contributed by atoms with E-state index in [4.69, 9.17) is 4.74 Å². The van der Waals surface area contributed by atoms with E-state index in [-0.39, 0.29) is 11.5 Å². The van der Waals surface area contributed by atoms with Crippen molar-refractivity contribution in [3.8, 4) is 21.9 Å². The van der Waals surface area contributed by atoms with Gasteiger partial charge in [-0.3, -0.25) is 4.90 Å². The summed E-state index contributed by atoms with van der Waals surface area (Å²) >= 11 is 3.67. The second-order valence-corrected chi connectivity index (χ2v) is 11.3. The minimum atomic E-state index is 0.269. The van der Waals surface area contributed by atoms with Crippen LogP contribution in [-0.2, 0) is 11.2 Å². The van der Waals surface area contributed by atoms with Crippen LogP contribution in [0.3, 0.4) is 0 Å². The molecule has 178 valence electrons. The maximum atomic E-state index is 9.99. The number of hydrogen-bond donors (Lipinski definition) is 2. The number of likely N-dealkylation sites (tertiary alicyclic amines) is 1. The Morgan fingerprint density at radius 2 is 1.94 bits per heavy atom. The number of nitrogens with zero attached hydrogens (tertiary/aromatic N) is 1. The van der Waals surface area contributed by atoms with Crippen LogP contribution >= 0.6 is 23.1 Å². The van der Waals surface area contributed by atoms with Gasteiger partial charge in [0.15, 0.2) is 0 Å². The third-order valence-corrected chi connectivity index (χ3v) is 9.06. The van der Waals surface area contributed by atoms with Gasteiger partial charge in [0.05, 0.1) is 0 Å². The molecule has 6 heteroatoms. The van der Waals surface area contributed by atoms with E-state index >= 15 is 0 Å². The van der Waals surface area contributed by atoms with Gasteiger partial charge >= 0.3 is 0 Å². The highest BCUT2D eigenvalue weighted by atomic mass is 32.2. The lowest BCUT2D eigenvalue weighted by Gasteiger charge is -2.19. The Kier molecular flexibility index (Phi) is 7.18. The molecule has 1 aliphatic heterocycles. The number of allylic oxidation sites excluding steroid dienone is 3. The second kappa shape index (κ2) is 10.5. The average molecular weight is 494 g/mol. The van der Waals surface area contributed by atoms with Crippen molar-refractivity contribution in [1.29, 1.82) is 0 Å². The summed E-state index contributed by atoms with van der Waals surface area (Å²) in [6, 6.07) is 13.0. The Bertz CT molecular complexity index is 1200. The van der Waals surface area contributed by atoms with Gasteiger partial charge in [-0.2, -0.15) is 11.8 Å². The summed E-state index contributed by atoms with van der Waals surface area (Å²) in [7, 11) is 0. The molecule has 2 unspecified atom stereocenters. The summed E-state index contributed by atoms with van der Waals surface area (Å²) < 4.78 is 7.15. The first-order chi connectivity index (χ1) is 16.6. The highest BCUT2D eigenvalue weighted by Gasteiger charge is 2.22. The molecule has 1 fully saturated rings. The molecule has 2 N–H and O–H groups in total. The number of phenolic OH excluding ortho intramolecular Hbond substituents is 2. The molecule has 34 heavy (non-hydrogen) atoms. The largest absolute Gasteiger partial charge is 0.508 e. The zero-order chi connectivity index (χ0) is 23.5. The number of aromatic hydroxyl groups is 2. The Labute approximate surface area is 209 Å². The Balaban J connectivity index is 1.25. The normalized spacial score (nSPS) is 20.7. The van der Waals surface area contributed by atoms with Crippen molar-refractivity contribution >= 4 is 33.2 Å². The molecule has 0 bridgehead atoms. The van der Waals surface area contributed by atoms with Gasteiger partial charge in [0, 0.05) is 27.9 Å². The lowest BCUT2D eigenvalue weighted by molar-refractivity contribution is 0.178. The molecule has 0 radical (unpaired) electrons. The van der Waals surface area contributed by atoms with Crippen molar-refractivity contribution in [2.45, 2.75) is 24.5 Å². The van der Waals surface area contributed by atoms with Gasteiger partial charge < -0.3 is 14.9 Å². The van der Waals surface area contributed by atoms with E-state index in [1.54, 1.807) is 29.5 Å². The second-order valence-electron chi connectivity index (χ2n) is 9.10. The molecule has 1 aromatic heterocycles. The molecule has 2 aliphatic rings. The van der Waals surface area contributed by atoms with Gasteiger partial charge in [-0.05, 0) is 109 Å². The van der Waals surface area contributed by atoms with E-state index in [0.29, 0.717) is 5.92 Å². The number of phenols is 2. The molecule has 0 spiro atoms. The molecular formula is C28H31NO3S2. The molecule has 2 atom stereocenters. The van der Waals surface area contributed by atoms with Gasteiger partial charge in [0.25, 0.3) is 0 Å².